The summed E-state index contributed by atoms with van der Waals surface area (Å²) in [5, 5.41) is 9.56. The maximum absolute atomic E-state index is 9.56. The standard InChI is InChI=1S/C16H25NO2/c1-3-19-15-9-6-13(10-11(15)2)16(17)12-4-7-14(18)8-5-12/h6,9-10,12,14,16,18H,3-5,7-8,17H2,1-2H3. The third-order valence-electron chi connectivity index (χ3n) is 4.13. The molecule has 0 aliphatic heterocycles. The summed E-state index contributed by atoms with van der Waals surface area (Å²) in [6.45, 7) is 4.74. The number of aryl methyl sites for hydroxylation is 1. The molecule has 3 N–H and O–H groups in total. The quantitative estimate of drug-likeness (QED) is 0.878. The van der Waals surface area contributed by atoms with E-state index in [-0.39, 0.29) is 12.1 Å². The minimum atomic E-state index is -0.120. The summed E-state index contributed by atoms with van der Waals surface area (Å²) in [6.07, 6.45) is 3.69. The van der Waals surface area contributed by atoms with Crippen LogP contribution in [0.5, 0.6) is 5.75 Å². The highest BCUT2D eigenvalue weighted by Gasteiger charge is 2.25. The van der Waals surface area contributed by atoms with E-state index < -0.39 is 0 Å². The van der Waals surface area contributed by atoms with Crippen molar-refractivity contribution in [3.63, 3.8) is 0 Å². The topological polar surface area (TPSA) is 55.5 Å². The van der Waals surface area contributed by atoms with Gasteiger partial charge in [-0.25, -0.2) is 0 Å². The lowest BCUT2D eigenvalue weighted by Gasteiger charge is -2.30. The van der Waals surface area contributed by atoms with Crippen LogP contribution in [0.25, 0.3) is 0 Å². The van der Waals surface area contributed by atoms with E-state index in [9.17, 15) is 5.11 Å². The fourth-order valence-electron chi connectivity index (χ4n) is 2.93. The highest BCUT2D eigenvalue weighted by molar-refractivity contribution is 5.37. The van der Waals surface area contributed by atoms with Crippen molar-refractivity contribution >= 4 is 0 Å². The molecule has 1 atom stereocenters. The minimum absolute atomic E-state index is 0.0712. The molecule has 1 aliphatic rings. The van der Waals surface area contributed by atoms with Gasteiger partial charge < -0.3 is 15.6 Å². The van der Waals surface area contributed by atoms with E-state index in [1.807, 2.05) is 13.0 Å². The van der Waals surface area contributed by atoms with Gasteiger partial charge in [-0.15, -0.1) is 0 Å². The Bertz CT molecular complexity index is 411. The minimum Gasteiger partial charge on any atom is -0.494 e. The Balaban J connectivity index is 2.06. The molecule has 1 aliphatic carbocycles. The lowest BCUT2D eigenvalue weighted by atomic mass is 9.80. The van der Waals surface area contributed by atoms with Gasteiger partial charge in [0.25, 0.3) is 0 Å². The van der Waals surface area contributed by atoms with Crippen molar-refractivity contribution in [1.29, 1.82) is 0 Å². The second kappa shape index (κ2) is 6.40. The van der Waals surface area contributed by atoms with E-state index in [1.165, 1.54) is 5.56 Å². The molecule has 3 heteroatoms. The smallest absolute Gasteiger partial charge is 0.122 e. The van der Waals surface area contributed by atoms with Crippen LogP contribution in [-0.2, 0) is 0 Å². The zero-order valence-corrected chi connectivity index (χ0v) is 11.9. The molecule has 1 aromatic carbocycles. The summed E-state index contributed by atoms with van der Waals surface area (Å²) in [5.74, 6) is 1.43. The lowest BCUT2D eigenvalue weighted by molar-refractivity contribution is 0.102. The molecule has 2 rings (SSSR count). The van der Waals surface area contributed by atoms with Gasteiger partial charge in [-0.1, -0.05) is 12.1 Å². The van der Waals surface area contributed by atoms with Crippen molar-refractivity contribution in [2.75, 3.05) is 6.61 Å². The predicted molar refractivity (Wildman–Crippen MR) is 77.2 cm³/mol. The second-order valence-electron chi connectivity index (χ2n) is 5.55. The van der Waals surface area contributed by atoms with E-state index in [2.05, 4.69) is 19.1 Å². The summed E-state index contributed by atoms with van der Waals surface area (Å²) in [5.41, 5.74) is 8.71. The number of ether oxygens (including phenoxy) is 1. The van der Waals surface area contributed by atoms with Crippen molar-refractivity contribution < 1.29 is 9.84 Å². The molecule has 1 saturated carbocycles. The second-order valence-corrected chi connectivity index (χ2v) is 5.55. The van der Waals surface area contributed by atoms with Crippen LogP contribution in [0.1, 0.15) is 49.8 Å². The number of hydrogen-bond acceptors (Lipinski definition) is 3. The highest BCUT2D eigenvalue weighted by Crippen LogP contribution is 2.34. The first kappa shape index (κ1) is 14.4. The SMILES string of the molecule is CCOc1ccc(C(N)C2CCC(O)CC2)cc1C. The van der Waals surface area contributed by atoms with Gasteiger partial charge in [0.05, 0.1) is 12.7 Å². The fraction of sp³-hybridized carbons (Fsp3) is 0.625. The summed E-state index contributed by atoms with van der Waals surface area (Å²) in [7, 11) is 0. The van der Waals surface area contributed by atoms with E-state index in [0.717, 1.165) is 37.0 Å². The first-order valence-electron chi connectivity index (χ1n) is 7.28. The predicted octanol–water partition coefficient (Wildman–Crippen LogP) is 2.94. The highest BCUT2D eigenvalue weighted by atomic mass is 16.5. The maximum Gasteiger partial charge on any atom is 0.122 e. The van der Waals surface area contributed by atoms with Crippen LogP contribution >= 0.6 is 0 Å². The number of rotatable bonds is 4. The fourth-order valence-corrected chi connectivity index (χ4v) is 2.93. The van der Waals surface area contributed by atoms with Gasteiger partial charge in [0, 0.05) is 6.04 Å². The van der Waals surface area contributed by atoms with E-state index in [0.29, 0.717) is 12.5 Å². The molecule has 106 valence electrons. The van der Waals surface area contributed by atoms with Crippen molar-refractivity contribution in [1.82, 2.24) is 0 Å². The molecule has 19 heavy (non-hydrogen) atoms. The molecule has 0 bridgehead atoms. The zero-order valence-electron chi connectivity index (χ0n) is 11.9. The third-order valence-corrected chi connectivity index (χ3v) is 4.13. The van der Waals surface area contributed by atoms with Gasteiger partial charge in [-0.3, -0.25) is 0 Å². The number of benzene rings is 1. The van der Waals surface area contributed by atoms with Crippen LogP contribution in [-0.4, -0.2) is 17.8 Å². The molecule has 0 saturated heterocycles. The maximum atomic E-state index is 9.56. The molecule has 3 nitrogen and oxygen atoms in total. The van der Waals surface area contributed by atoms with Crippen molar-refractivity contribution in [2.45, 2.75) is 51.7 Å². The Kier molecular flexibility index (Phi) is 4.83. The molecule has 0 amide bonds. The Labute approximate surface area is 115 Å². The van der Waals surface area contributed by atoms with Crippen LogP contribution in [0.15, 0.2) is 18.2 Å². The Morgan fingerprint density at radius 1 is 1.32 bits per heavy atom. The summed E-state index contributed by atoms with van der Waals surface area (Å²) in [4.78, 5) is 0. The van der Waals surface area contributed by atoms with Gasteiger partial charge in [0.1, 0.15) is 5.75 Å². The largest absolute Gasteiger partial charge is 0.494 e. The Morgan fingerprint density at radius 3 is 2.58 bits per heavy atom. The normalized spacial score (nSPS) is 25.1. The number of aliphatic hydroxyl groups excluding tert-OH is 1. The van der Waals surface area contributed by atoms with Crippen LogP contribution in [0.4, 0.5) is 0 Å². The summed E-state index contributed by atoms with van der Waals surface area (Å²) in [6, 6.07) is 6.31. The van der Waals surface area contributed by atoms with Crippen molar-refractivity contribution in [3.05, 3.63) is 29.3 Å². The number of hydrogen-bond donors (Lipinski definition) is 2. The molecular weight excluding hydrogens is 238 g/mol. The van der Waals surface area contributed by atoms with Gasteiger partial charge in [-0.2, -0.15) is 0 Å². The molecule has 1 aromatic rings. The zero-order chi connectivity index (χ0) is 13.8. The molecule has 0 spiro atoms. The number of nitrogens with two attached hydrogens (primary N) is 1. The number of aliphatic hydroxyl groups is 1. The molecule has 1 fully saturated rings. The van der Waals surface area contributed by atoms with Crippen LogP contribution in [0, 0.1) is 12.8 Å². The van der Waals surface area contributed by atoms with E-state index >= 15 is 0 Å². The van der Waals surface area contributed by atoms with Crippen LogP contribution < -0.4 is 10.5 Å². The van der Waals surface area contributed by atoms with Gasteiger partial charge >= 0.3 is 0 Å². The average molecular weight is 263 g/mol. The monoisotopic (exact) mass is 263 g/mol. The molecule has 0 heterocycles. The van der Waals surface area contributed by atoms with Gasteiger partial charge in [0.15, 0.2) is 0 Å². The summed E-state index contributed by atoms with van der Waals surface area (Å²) < 4.78 is 5.56. The first-order chi connectivity index (χ1) is 9.11. The third kappa shape index (κ3) is 3.48. The van der Waals surface area contributed by atoms with Gasteiger partial charge in [0.2, 0.25) is 0 Å². The van der Waals surface area contributed by atoms with Crippen LogP contribution in [0.3, 0.4) is 0 Å². The van der Waals surface area contributed by atoms with Crippen molar-refractivity contribution in [3.8, 4) is 5.75 Å². The van der Waals surface area contributed by atoms with Crippen LogP contribution in [0.2, 0.25) is 0 Å². The Hall–Kier alpha value is -1.06. The average Bonchev–Trinajstić information content (AvgIpc) is 2.41. The Morgan fingerprint density at radius 2 is 2.00 bits per heavy atom. The van der Waals surface area contributed by atoms with E-state index in [4.69, 9.17) is 10.5 Å². The molecule has 0 radical (unpaired) electrons. The van der Waals surface area contributed by atoms with E-state index in [1.54, 1.807) is 0 Å². The van der Waals surface area contributed by atoms with Gasteiger partial charge in [-0.05, 0) is 62.6 Å². The lowest BCUT2D eigenvalue weighted by Crippen LogP contribution is -2.27. The molecular formula is C16H25NO2. The molecule has 0 aromatic heterocycles. The first-order valence-corrected chi connectivity index (χ1v) is 7.28. The molecule has 1 unspecified atom stereocenters. The summed E-state index contributed by atoms with van der Waals surface area (Å²) >= 11 is 0. The van der Waals surface area contributed by atoms with Crippen molar-refractivity contribution in [2.24, 2.45) is 11.7 Å².